The van der Waals surface area contributed by atoms with Gasteiger partial charge in [0.1, 0.15) is 6.33 Å². The van der Waals surface area contributed by atoms with Crippen LogP contribution >= 0.6 is 12.2 Å². The molecule has 8 heteroatoms. The van der Waals surface area contributed by atoms with Crippen LogP contribution in [0.2, 0.25) is 0 Å². The standard InChI is InChI=1S/C32H35N7S/c1-23-27(13-14-37(2)21-24-7-6-10-30-29(24)20-33-22-34-30)28-19-25(11-12-31(28)35-23)36-32(40)39-17-15-38(16-18-39)26-8-4-3-5-9-26/h3-12,19-20,22,35H,13-18,21H2,1-2H3,(H,36,40). The average Bonchev–Trinajstić information content (AvgIpc) is 3.30. The summed E-state index contributed by atoms with van der Waals surface area (Å²) in [5.74, 6) is 0. The lowest BCUT2D eigenvalue weighted by Crippen LogP contribution is -2.50. The van der Waals surface area contributed by atoms with Crippen LogP contribution in [-0.2, 0) is 13.0 Å². The molecule has 0 spiro atoms. The first-order chi connectivity index (χ1) is 19.5. The molecule has 5 aromatic rings. The molecule has 2 N–H and O–H groups in total. The molecule has 0 amide bonds. The second kappa shape index (κ2) is 11.6. The number of para-hydroxylation sites is 1. The molecular weight excluding hydrogens is 514 g/mol. The van der Waals surface area contributed by atoms with E-state index in [1.807, 2.05) is 12.3 Å². The van der Waals surface area contributed by atoms with Crippen LogP contribution in [0.15, 0.2) is 79.3 Å². The Morgan fingerprint density at radius 3 is 2.65 bits per heavy atom. The molecule has 1 aliphatic rings. The van der Waals surface area contributed by atoms with Gasteiger partial charge in [-0.15, -0.1) is 0 Å². The SMILES string of the molecule is Cc1[nH]c2ccc(NC(=S)N3CCN(c4ccccc4)CC3)cc2c1CCN(C)Cc1cccc2ncncc12. The number of benzene rings is 3. The summed E-state index contributed by atoms with van der Waals surface area (Å²) in [5, 5.41) is 6.68. The molecule has 0 atom stereocenters. The van der Waals surface area contributed by atoms with Gasteiger partial charge < -0.3 is 25.0 Å². The Bertz CT molecular complexity index is 1620. The van der Waals surface area contributed by atoms with E-state index in [2.05, 4.69) is 110 Å². The number of hydrogen-bond donors (Lipinski definition) is 2. The number of aromatic amines is 1. The van der Waals surface area contributed by atoms with Crippen molar-refractivity contribution in [3.63, 3.8) is 0 Å². The summed E-state index contributed by atoms with van der Waals surface area (Å²) in [5.41, 5.74) is 8.29. The van der Waals surface area contributed by atoms with Gasteiger partial charge in [-0.3, -0.25) is 0 Å². The third-order valence-corrected chi connectivity index (χ3v) is 8.24. The van der Waals surface area contributed by atoms with Gasteiger partial charge in [0.15, 0.2) is 5.11 Å². The number of H-pyrrole nitrogens is 1. The molecule has 0 saturated carbocycles. The van der Waals surface area contributed by atoms with Gasteiger partial charge >= 0.3 is 0 Å². The normalized spacial score (nSPS) is 13.9. The molecule has 7 nitrogen and oxygen atoms in total. The maximum Gasteiger partial charge on any atom is 0.173 e. The van der Waals surface area contributed by atoms with Crippen molar-refractivity contribution < 1.29 is 0 Å². The van der Waals surface area contributed by atoms with Crippen LogP contribution in [0.5, 0.6) is 0 Å². The first-order valence-corrected chi connectivity index (χ1v) is 14.3. The predicted octanol–water partition coefficient (Wildman–Crippen LogP) is 5.61. The smallest absolute Gasteiger partial charge is 0.173 e. The van der Waals surface area contributed by atoms with E-state index in [1.165, 1.54) is 27.9 Å². The Labute approximate surface area is 240 Å². The Hall–Kier alpha value is -4.01. The number of likely N-dealkylation sites (N-methyl/N-ethyl adjacent to an activating group) is 1. The van der Waals surface area contributed by atoms with Crippen LogP contribution in [0, 0.1) is 6.92 Å². The van der Waals surface area contributed by atoms with Gasteiger partial charge in [-0.25, -0.2) is 9.97 Å². The first kappa shape index (κ1) is 26.2. The Kier molecular flexibility index (Phi) is 7.62. The van der Waals surface area contributed by atoms with Crippen molar-refractivity contribution in [2.75, 3.05) is 50.0 Å². The molecule has 0 radical (unpaired) electrons. The summed E-state index contributed by atoms with van der Waals surface area (Å²) in [6.45, 7) is 7.71. The highest BCUT2D eigenvalue weighted by Crippen LogP contribution is 2.27. The van der Waals surface area contributed by atoms with Gasteiger partial charge in [-0.05, 0) is 80.1 Å². The highest BCUT2D eigenvalue weighted by Gasteiger charge is 2.19. The quantitative estimate of drug-likeness (QED) is 0.256. The topological polar surface area (TPSA) is 63.3 Å². The van der Waals surface area contributed by atoms with Crippen LogP contribution in [0.25, 0.3) is 21.8 Å². The molecule has 0 bridgehead atoms. The molecule has 0 unspecified atom stereocenters. The monoisotopic (exact) mass is 549 g/mol. The largest absolute Gasteiger partial charge is 0.368 e. The molecule has 40 heavy (non-hydrogen) atoms. The zero-order chi connectivity index (χ0) is 27.5. The van der Waals surface area contributed by atoms with Crippen LogP contribution in [0.1, 0.15) is 16.8 Å². The molecule has 1 saturated heterocycles. The van der Waals surface area contributed by atoms with E-state index in [-0.39, 0.29) is 0 Å². The van der Waals surface area contributed by atoms with Crippen molar-refractivity contribution in [1.29, 1.82) is 0 Å². The van der Waals surface area contributed by atoms with E-state index in [4.69, 9.17) is 12.2 Å². The van der Waals surface area contributed by atoms with Crippen LogP contribution in [-0.4, -0.2) is 69.6 Å². The van der Waals surface area contributed by atoms with E-state index >= 15 is 0 Å². The van der Waals surface area contributed by atoms with Gasteiger partial charge in [0.25, 0.3) is 0 Å². The molecule has 3 aromatic carbocycles. The summed E-state index contributed by atoms with van der Waals surface area (Å²) in [6.07, 6.45) is 4.48. The number of aryl methyl sites for hydroxylation is 1. The van der Waals surface area contributed by atoms with Gasteiger partial charge in [0, 0.05) is 78.8 Å². The number of nitrogens with one attached hydrogen (secondary N) is 2. The summed E-state index contributed by atoms with van der Waals surface area (Å²) in [7, 11) is 2.18. The lowest BCUT2D eigenvalue weighted by atomic mass is 10.1. The number of fused-ring (bicyclic) bond motifs is 2. The Morgan fingerprint density at radius 1 is 1.00 bits per heavy atom. The fourth-order valence-corrected chi connectivity index (χ4v) is 5.97. The van der Waals surface area contributed by atoms with Crippen molar-refractivity contribution >= 4 is 50.5 Å². The van der Waals surface area contributed by atoms with Gasteiger partial charge in [-0.1, -0.05) is 30.3 Å². The maximum atomic E-state index is 5.83. The van der Waals surface area contributed by atoms with Crippen molar-refractivity contribution in [3.05, 3.63) is 96.1 Å². The summed E-state index contributed by atoms with van der Waals surface area (Å²) >= 11 is 5.83. The first-order valence-electron chi connectivity index (χ1n) is 13.9. The summed E-state index contributed by atoms with van der Waals surface area (Å²) < 4.78 is 0. The molecule has 0 aliphatic carbocycles. The number of hydrogen-bond acceptors (Lipinski definition) is 5. The third kappa shape index (κ3) is 5.64. The van der Waals surface area contributed by atoms with Crippen molar-refractivity contribution in [2.45, 2.75) is 19.9 Å². The number of aromatic nitrogens is 3. The lowest BCUT2D eigenvalue weighted by Gasteiger charge is -2.37. The zero-order valence-corrected chi connectivity index (χ0v) is 23.9. The summed E-state index contributed by atoms with van der Waals surface area (Å²) in [6, 6.07) is 23.4. The van der Waals surface area contributed by atoms with Gasteiger partial charge in [0.05, 0.1) is 5.52 Å². The number of nitrogens with zero attached hydrogens (tertiary/aromatic N) is 5. The zero-order valence-electron chi connectivity index (χ0n) is 23.1. The fraction of sp³-hybridized carbons (Fsp3) is 0.281. The molecule has 2 aromatic heterocycles. The van der Waals surface area contributed by atoms with Crippen molar-refractivity contribution in [3.8, 4) is 0 Å². The predicted molar refractivity (Wildman–Crippen MR) is 169 cm³/mol. The van der Waals surface area contributed by atoms with Gasteiger partial charge in [-0.2, -0.15) is 0 Å². The molecule has 6 rings (SSSR count). The third-order valence-electron chi connectivity index (χ3n) is 7.88. The molecule has 1 fully saturated rings. The van der Waals surface area contributed by atoms with E-state index < -0.39 is 0 Å². The van der Waals surface area contributed by atoms with Crippen LogP contribution in [0.3, 0.4) is 0 Å². The van der Waals surface area contributed by atoms with E-state index in [0.29, 0.717) is 0 Å². The van der Waals surface area contributed by atoms with Crippen LogP contribution in [0.4, 0.5) is 11.4 Å². The maximum absolute atomic E-state index is 5.83. The Morgan fingerprint density at radius 2 is 1.82 bits per heavy atom. The van der Waals surface area contributed by atoms with Crippen LogP contribution < -0.4 is 10.2 Å². The van der Waals surface area contributed by atoms with E-state index in [9.17, 15) is 0 Å². The van der Waals surface area contributed by atoms with E-state index in [1.54, 1.807) is 6.33 Å². The minimum Gasteiger partial charge on any atom is -0.368 e. The number of thiocarbonyl (C=S) groups is 1. The minimum atomic E-state index is 0.791. The number of rotatable bonds is 7. The molecule has 3 heterocycles. The second-order valence-electron chi connectivity index (χ2n) is 10.6. The number of piperazine rings is 1. The minimum absolute atomic E-state index is 0.791. The number of anilines is 2. The van der Waals surface area contributed by atoms with Crippen molar-refractivity contribution in [2.24, 2.45) is 0 Å². The molecule has 1 aliphatic heterocycles. The lowest BCUT2D eigenvalue weighted by molar-refractivity contribution is 0.332. The highest BCUT2D eigenvalue weighted by molar-refractivity contribution is 7.80. The van der Waals surface area contributed by atoms with Gasteiger partial charge in [0.2, 0.25) is 0 Å². The highest BCUT2D eigenvalue weighted by atomic mass is 32.1. The van der Waals surface area contributed by atoms with E-state index in [0.717, 1.165) is 72.9 Å². The average molecular weight is 550 g/mol. The fourth-order valence-electron chi connectivity index (χ4n) is 5.67. The molecule has 204 valence electrons. The molecular formula is C32H35N7S. The summed E-state index contributed by atoms with van der Waals surface area (Å²) in [4.78, 5) is 19.3. The Balaban J connectivity index is 1.09. The van der Waals surface area contributed by atoms with Crippen molar-refractivity contribution in [1.82, 2.24) is 24.8 Å². The second-order valence-corrected chi connectivity index (χ2v) is 11.0.